The minimum atomic E-state index is -0.562. The maximum atomic E-state index is 14.5. The molecule has 0 aromatic heterocycles. The average molecular weight is 962 g/mol. The van der Waals surface area contributed by atoms with Crippen LogP contribution in [0.2, 0.25) is 0 Å². The Morgan fingerprint density at radius 1 is 0.279 bits per heavy atom. The topological polar surface area (TPSA) is 150 Å². The second-order valence-electron chi connectivity index (χ2n) is 20.3. The van der Waals surface area contributed by atoms with Crippen LogP contribution in [0.3, 0.4) is 0 Å². The van der Waals surface area contributed by atoms with E-state index in [-0.39, 0.29) is 49.8 Å². The second-order valence-corrected chi connectivity index (χ2v) is 20.3. The first-order valence-corrected chi connectivity index (χ1v) is 29.2. The van der Waals surface area contributed by atoms with Crippen molar-refractivity contribution in [3.05, 3.63) is 0 Å². The standard InChI is InChI=1S/C57H112N6O5/c1-5-9-13-17-21-25-27-31-34-40-46-61(54(65)43-37-38-44-58)50-56(67)63(48-41-35-30-24-20-16-12-8-4)52-57(68)62(47-42-36-32-28-26-22-18-14-10-6-2)51-55(66)60(49-53(59)64)45-39-33-29-23-19-15-11-7-3/h5-52,58H2,1-4H3,(H2,59,64). The lowest BCUT2D eigenvalue weighted by Crippen LogP contribution is -2.50. The van der Waals surface area contributed by atoms with Crippen molar-refractivity contribution in [3.63, 3.8) is 0 Å². The summed E-state index contributed by atoms with van der Waals surface area (Å²) >= 11 is 0. The molecule has 0 radical (unpaired) electrons. The van der Waals surface area contributed by atoms with Gasteiger partial charge in [0, 0.05) is 32.6 Å². The predicted octanol–water partition coefficient (Wildman–Crippen LogP) is 13.0. The lowest BCUT2D eigenvalue weighted by atomic mass is 10.1. The van der Waals surface area contributed by atoms with Crippen molar-refractivity contribution in [1.82, 2.24) is 19.6 Å². The quantitative estimate of drug-likeness (QED) is 0.0580. The lowest BCUT2D eigenvalue weighted by molar-refractivity contribution is -0.146. The van der Waals surface area contributed by atoms with E-state index in [0.717, 1.165) is 96.3 Å². The van der Waals surface area contributed by atoms with Gasteiger partial charge < -0.3 is 31.1 Å². The molecule has 0 aliphatic carbocycles. The van der Waals surface area contributed by atoms with Crippen molar-refractivity contribution in [3.8, 4) is 0 Å². The molecule has 11 heteroatoms. The highest BCUT2D eigenvalue weighted by Gasteiger charge is 2.27. The molecule has 0 saturated heterocycles. The fraction of sp³-hybridized carbons (Fsp3) is 0.912. The Kier molecular flexibility index (Phi) is 47.3. The van der Waals surface area contributed by atoms with Gasteiger partial charge in [-0.2, -0.15) is 0 Å². The average Bonchev–Trinajstić information content (AvgIpc) is 3.32. The van der Waals surface area contributed by atoms with E-state index in [1.807, 2.05) is 0 Å². The summed E-state index contributed by atoms with van der Waals surface area (Å²) in [5, 5.41) is 0. The molecule has 0 saturated carbocycles. The summed E-state index contributed by atoms with van der Waals surface area (Å²) in [5.41, 5.74) is 11.4. The number of carbonyl (C=O) groups is 5. The first-order valence-electron chi connectivity index (χ1n) is 29.2. The Morgan fingerprint density at radius 3 is 0.735 bits per heavy atom. The molecule has 5 amide bonds. The highest BCUT2D eigenvalue weighted by Crippen LogP contribution is 2.16. The molecule has 0 aliphatic heterocycles. The summed E-state index contributed by atoms with van der Waals surface area (Å²) in [6, 6.07) is 0. The molecule has 11 nitrogen and oxygen atoms in total. The number of nitrogens with zero attached hydrogens (tertiary/aromatic N) is 4. The van der Waals surface area contributed by atoms with Gasteiger partial charge in [0.2, 0.25) is 29.5 Å². The number of amides is 5. The molecule has 0 aliphatic rings. The molecule has 0 aromatic carbocycles. The number of rotatable bonds is 52. The van der Waals surface area contributed by atoms with Crippen LogP contribution in [0.1, 0.15) is 278 Å². The van der Waals surface area contributed by atoms with Crippen LogP contribution >= 0.6 is 0 Å². The summed E-state index contributed by atoms with van der Waals surface area (Å²) in [6.07, 6.45) is 43.1. The molecule has 0 heterocycles. The molecule has 400 valence electrons. The third kappa shape index (κ3) is 40.1. The van der Waals surface area contributed by atoms with Crippen molar-refractivity contribution < 1.29 is 24.0 Å². The molecule has 0 aromatic rings. The van der Waals surface area contributed by atoms with Crippen LogP contribution in [0.4, 0.5) is 0 Å². The highest BCUT2D eigenvalue weighted by molar-refractivity contribution is 5.91. The van der Waals surface area contributed by atoms with E-state index in [4.69, 9.17) is 11.5 Å². The van der Waals surface area contributed by atoms with E-state index in [0.29, 0.717) is 45.6 Å². The van der Waals surface area contributed by atoms with Crippen molar-refractivity contribution in [2.24, 2.45) is 11.5 Å². The fourth-order valence-corrected chi connectivity index (χ4v) is 9.18. The van der Waals surface area contributed by atoms with Gasteiger partial charge in [0.15, 0.2) is 0 Å². The van der Waals surface area contributed by atoms with Crippen molar-refractivity contribution in [1.29, 1.82) is 0 Å². The Labute approximate surface area is 420 Å². The number of hydrogen-bond donors (Lipinski definition) is 2. The Hall–Kier alpha value is -2.69. The zero-order valence-corrected chi connectivity index (χ0v) is 45.4. The number of nitrogens with two attached hydrogens (primary N) is 2. The molecular weight excluding hydrogens is 849 g/mol. The molecule has 0 rings (SSSR count). The van der Waals surface area contributed by atoms with Gasteiger partial charge in [-0.3, -0.25) is 24.0 Å². The monoisotopic (exact) mass is 961 g/mol. The first kappa shape index (κ1) is 65.3. The number of carbonyl (C=O) groups excluding carboxylic acids is 5. The van der Waals surface area contributed by atoms with Gasteiger partial charge in [0.1, 0.15) is 0 Å². The number of primary amides is 1. The zero-order chi connectivity index (χ0) is 50.1. The van der Waals surface area contributed by atoms with Gasteiger partial charge in [0.05, 0.1) is 26.2 Å². The van der Waals surface area contributed by atoms with Gasteiger partial charge in [-0.15, -0.1) is 0 Å². The Morgan fingerprint density at radius 2 is 0.500 bits per heavy atom. The zero-order valence-electron chi connectivity index (χ0n) is 45.4. The second kappa shape index (κ2) is 49.3. The summed E-state index contributed by atoms with van der Waals surface area (Å²) in [7, 11) is 0. The van der Waals surface area contributed by atoms with Gasteiger partial charge in [-0.1, -0.05) is 233 Å². The van der Waals surface area contributed by atoms with Crippen LogP contribution in [0.15, 0.2) is 0 Å². The van der Waals surface area contributed by atoms with E-state index < -0.39 is 5.91 Å². The van der Waals surface area contributed by atoms with Crippen LogP contribution in [0, 0.1) is 0 Å². The van der Waals surface area contributed by atoms with Gasteiger partial charge >= 0.3 is 0 Å². The van der Waals surface area contributed by atoms with Crippen molar-refractivity contribution in [2.75, 3.05) is 58.9 Å². The molecule has 0 fully saturated rings. The molecule has 0 spiro atoms. The van der Waals surface area contributed by atoms with Crippen LogP contribution in [-0.4, -0.2) is 108 Å². The van der Waals surface area contributed by atoms with Gasteiger partial charge in [-0.05, 0) is 45.1 Å². The van der Waals surface area contributed by atoms with E-state index in [2.05, 4.69) is 27.7 Å². The molecule has 4 N–H and O–H groups in total. The SMILES string of the molecule is CCCCCCCCCCCCN(CC(=O)N(CCCCCCCCCC)CC(=O)N(CCCCCCCCCCCC)CC(=O)N(CCCCCCCCCC)CC(N)=O)C(=O)CCCCN. The van der Waals surface area contributed by atoms with E-state index in [1.54, 1.807) is 14.7 Å². The number of unbranched alkanes of at least 4 members (excludes halogenated alkanes) is 33. The Balaban J connectivity index is 6.14. The van der Waals surface area contributed by atoms with E-state index in [9.17, 15) is 24.0 Å². The largest absolute Gasteiger partial charge is 0.368 e. The van der Waals surface area contributed by atoms with Crippen molar-refractivity contribution >= 4 is 29.5 Å². The third-order valence-electron chi connectivity index (χ3n) is 13.7. The molecule has 0 bridgehead atoms. The van der Waals surface area contributed by atoms with Crippen molar-refractivity contribution in [2.45, 2.75) is 278 Å². The van der Waals surface area contributed by atoms with Gasteiger partial charge in [0.25, 0.3) is 0 Å². The maximum Gasteiger partial charge on any atom is 0.242 e. The third-order valence-corrected chi connectivity index (χ3v) is 13.7. The van der Waals surface area contributed by atoms with E-state index in [1.165, 1.54) is 146 Å². The van der Waals surface area contributed by atoms with Crippen LogP contribution in [0.5, 0.6) is 0 Å². The fourth-order valence-electron chi connectivity index (χ4n) is 9.18. The minimum Gasteiger partial charge on any atom is -0.368 e. The lowest BCUT2D eigenvalue weighted by Gasteiger charge is -2.31. The van der Waals surface area contributed by atoms with Crippen LogP contribution in [0.25, 0.3) is 0 Å². The number of hydrogen-bond acceptors (Lipinski definition) is 6. The summed E-state index contributed by atoms with van der Waals surface area (Å²) in [5.74, 6) is -1.34. The predicted molar refractivity (Wildman–Crippen MR) is 287 cm³/mol. The summed E-state index contributed by atoms with van der Waals surface area (Å²) in [4.78, 5) is 75.4. The molecule has 0 unspecified atom stereocenters. The molecular formula is C57H112N6O5. The van der Waals surface area contributed by atoms with Crippen LogP contribution < -0.4 is 11.5 Å². The van der Waals surface area contributed by atoms with E-state index >= 15 is 0 Å². The normalized spacial score (nSPS) is 11.2. The Bertz CT molecular complexity index is 1200. The summed E-state index contributed by atoms with van der Waals surface area (Å²) in [6.45, 7) is 10.7. The highest BCUT2D eigenvalue weighted by atomic mass is 16.2. The molecule has 0 atom stereocenters. The van der Waals surface area contributed by atoms with Crippen LogP contribution in [-0.2, 0) is 24.0 Å². The first-order chi connectivity index (χ1) is 33.1. The van der Waals surface area contributed by atoms with Gasteiger partial charge in [-0.25, -0.2) is 0 Å². The summed E-state index contributed by atoms with van der Waals surface area (Å²) < 4.78 is 0. The maximum absolute atomic E-state index is 14.5. The smallest absolute Gasteiger partial charge is 0.242 e. The minimum absolute atomic E-state index is 0.0275. The molecule has 68 heavy (non-hydrogen) atoms.